The molecule has 0 atom stereocenters. The fourth-order valence-corrected chi connectivity index (χ4v) is 1.85. The predicted octanol–water partition coefficient (Wildman–Crippen LogP) is 3.86. The van der Waals surface area contributed by atoms with Crippen LogP contribution in [-0.2, 0) is 4.79 Å². The second-order valence-corrected chi connectivity index (χ2v) is 4.60. The molecule has 0 bridgehead atoms. The molecule has 5 nitrogen and oxygen atoms in total. The Morgan fingerprint density at radius 1 is 1.14 bits per heavy atom. The Balaban J connectivity index is 2.13. The summed E-state index contributed by atoms with van der Waals surface area (Å²) < 4.78 is 13.5. The highest BCUT2D eigenvalue weighted by Gasteiger charge is 2.12. The maximum absolute atomic E-state index is 13.5. The molecule has 0 heterocycles. The zero-order chi connectivity index (χ0) is 16.1. The molecule has 0 radical (unpaired) electrons. The Morgan fingerprint density at radius 3 is 2.27 bits per heavy atom. The number of anilines is 1. The number of benzene rings is 2. The van der Waals surface area contributed by atoms with Crippen molar-refractivity contribution in [2.75, 3.05) is 5.32 Å². The first kappa shape index (κ1) is 15.4. The number of hydrogen-bond acceptors (Lipinski definition) is 3. The summed E-state index contributed by atoms with van der Waals surface area (Å²) in [4.78, 5) is 20.7. The molecule has 0 aliphatic rings. The van der Waals surface area contributed by atoms with Gasteiger partial charge in [0, 0.05) is 18.7 Å². The molecule has 22 heavy (non-hydrogen) atoms. The summed E-state index contributed by atoms with van der Waals surface area (Å²) in [6.07, 6.45) is 3.40. The van der Waals surface area contributed by atoms with Crippen LogP contribution in [0, 0.1) is 15.9 Å². The molecule has 0 saturated carbocycles. The number of halogens is 1. The first-order valence-corrected chi connectivity index (χ1v) is 6.45. The van der Waals surface area contributed by atoms with Crippen LogP contribution in [0.5, 0.6) is 0 Å². The van der Waals surface area contributed by atoms with E-state index in [4.69, 9.17) is 0 Å². The van der Waals surface area contributed by atoms with Gasteiger partial charge in [0.15, 0.2) is 0 Å². The minimum absolute atomic E-state index is 0.148. The van der Waals surface area contributed by atoms with Gasteiger partial charge in [0.2, 0.25) is 11.7 Å². The van der Waals surface area contributed by atoms with Crippen molar-refractivity contribution in [2.24, 2.45) is 0 Å². The van der Waals surface area contributed by atoms with Gasteiger partial charge in [-0.15, -0.1) is 0 Å². The lowest BCUT2D eigenvalue weighted by molar-refractivity contribution is -0.387. The highest BCUT2D eigenvalue weighted by atomic mass is 19.1. The van der Waals surface area contributed by atoms with Gasteiger partial charge in [0.25, 0.3) is 0 Å². The van der Waals surface area contributed by atoms with E-state index in [1.165, 1.54) is 13.0 Å². The van der Waals surface area contributed by atoms with E-state index in [9.17, 15) is 19.3 Å². The van der Waals surface area contributed by atoms with E-state index >= 15 is 0 Å². The monoisotopic (exact) mass is 300 g/mol. The van der Waals surface area contributed by atoms with Crippen molar-refractivity contribution in [3.63, 3.8) is 0 Å². The summed E-state index contributed by atoms with van der Waals surface area (Å²) in [6.45, 7) is 1.43. The zero-order valence-corrected chi connectivity index (χ0v) is 11.7. The molecule has 1 N–H and O–H groups in total. The summed E-state index contributed by atoms with van der Waals surface area (Å²) in [5.74, 6) is -1.02. The molecule has 2 aromatic carbocycles. The van der Waals surface area contributed by atoms with Gasteiger partial charge in [-0.2, -0.15) is 4.39 Å². The van der Waals surface area contributed by atoms with Gasteiger partial charge < -0.3 is 5.32 Å². The summed E-state index contributed by atoms with van der Waals surface area (Å²) >= 11 is 0. The van der Waals surface area contributed by atoms with Crippen molar-refractivity contribution in [2.45, 2.75) is 6.92 Å². The molecule has 0 spiro atoms. The molecule has 6 heteroatoms. The highest BCUT2D eigenvalue weighted by Crippen LogP contribution is 2.19. The molecule has 0 aliphatic carbocycles. The SMILES string of the molecule is CC(=O)Nc1ccc(C=Cc2ccc([N+](=O)[O-])c(F)c2)cc1. The van der Waals surface area contributed by atoms with Crippen LogP contribution in [0.4, 0.5) is 15.8 Å². The van der Waals surface area contributed by atoms with Crippen LogP contribution in [0.1, 0.15) is 18.1 Å². The fraction of sp³-hybridized carbons (Fsp3) is 0.0625. The van der Waals surface area contributed by atoms with Gasteiger partial charge in [0.1, 0.15) is 0 Å². The number of nitrogens with zero attached hydrogens (tertiary/aromatic N) is 1. The van der Waals surface area contributed by atoms with Gasteiger partial charge in [-0.1, -0.05) is 24.3 Å². The molecule has 2 aromatic rings. The molecule has 0 unspecified atom stereocenters. The third-order valence-electron chi connectivity index (χ3n) is 2.87. The summed E-state index contributed by atoms with van der Waals surface area (Å²) in [6, 6.07) is 10.8. The number of carbonyl (C=O) groups excluding carboxylic acids is 1. The minimum Gasteiger partial charge on any atom is -0.326 e. The molecule has 2 rings (SSSR count). The van der Waals surface area contributed by atoms with Gasteiger partial charge in [0.05, 0.1) is 4.92 Å². The lowest BCUT2D eigenvalue weighted by Gasteiger charge is -2.01. The predicted molar refractivity (Wildman–Crippen MR) is 82.7 cm³/mol. The third-order valence-corrected chi connectivity index (χ3v) is 2.87. The third kappa shape index (κ3) is 3.99. The summed E-state index contributed by atoms with van der Waals surface area (Å²) in [7, 11) is 0. The van der Waals surface area contributed by atoms with Crippen LogP contribution in [0.15, 0.2) is 42.5 Å². The Morgan fingerprint density at radius 2 is 1.73 bits per heavy atom. The van der Waals surface area contributed by atoms with Crippen LogP contribution in [0.2, 0.25) is 0 Å². The highest BCUT2D eigenvalue weighted by molar-refractivity contribution is 5.88. The van der Waals surface area contributed by atoms with E-state index in [2.05, 4.69) is 5.32 Å². The van der Waals surface area contributed by atoms with Crippen LogP contribution in [0.25, 0.3) is 12.2 Å². The molecular formula is C16H13FN2O3. The quantitative estimate of drug-likeness (QED) is 0.529. The zero-order valence-electron chi connectivity index (χ0n) is 11.7. The normalized spacial score (nSPS) is 10.6. The Bertz CT molecular complexity index is 740. The smallest absolute Gasteiger partial charge is 0.304 e. The summed E-state index contributed by atoms with van der Waals surface area (Å²) in [5, 5.41) is 13.2. The van der Waals surface area contributed by atoms with Gasteiger partial charge in [-0.05, 0) is 35.4 Å². The van der Waals surface area contributed by atoms with Crippen LogP contribution in [0.3, 0.4) is 0 Å². The second kappa shape index (κ2) is 6.62. The first-order valence-electron chi connectivity index (χ1n) is 6.45. The Labute approximate surface area is 126 Å². The van der Waals surface area contributed by atoms with E-state index < -0.39 is 16.4 Å². The minimum atomic E-state index is -0.867. The van der Waals surface area contributed by atoms with E-state index in [-0.39, 0.29) is 5.91 Å². The van der Waals surface area contributed by atoms with E-state index in [1.54, 1.807) is 36.4 Å². The van der Waals surface area contributed by atoms with Crippen LogP contribution >= 0.6 is 0 Å². The van der Waals surface area contributed by atoms with E-state index in [0.717, 1.165) is 17.7 Å². The lowest BCUT2D eigenvalue weighted by atomic mass is 10.1. The van der Waals surface area contributed by atoms with Crippen LogP contribution in [-0.4, -0.2) is 10.8 Å². The molecule has 0 fully saturated rings. The average Bonchev–Trinajstić information content (AvgIpc) is 2.45. The Kier molecular flexibility index (Phi) is 4.63. The number of nitro benzene ring substituents is 1. The number of carbonyl (C=O) groups is 1. The maximum Gasteiger partial charge on any atom is 0.304 e. The van der Waals surface area contributed by atoms with Crippen molar-refractivity contribution >= 4 is 29.4 Å². The number of nitrogens with one attached hydrogen (secondary N) is 1. The van der Waals surface area contributed by atoms with Crippen molar-refractivity contribution in [3.8, 4) is 0 Å². The van der Waals surface area contributed by atoms with Crippen molar-refractivity contribution < 1.29 is 14.1 Å². The molecular weight excluding hydrogens is 287 g/mol. The fourth-order valence-electron chi connectivity index (χ4n) is 1.85. The first-order chi connectivity index (χ1) is 10.5. The molecule has 1 amide bonds. The second-order valence-electron chi connectivity index (χ2n) is 4.60. The summed E-state index contributed by atoms with van der Waals surface area (Å²) in [5.41, 5.74) is 1.52. The topological polar surface area (TPSA) is 72.2 Å². The standard InChI is InChI=1S/C16H13FN2O3/c1-11(20)18-14-7-4-12(5-8-14)2-3-13-6-9-16(19(21)22)15(17)10-13/h2-10H,1H3,(H,18,20). The lowest BCUT2D eigenvalue weighted by Crippen LogP contribution is -2.05. The van der Waals surface area contributed by atoms with Crippen molar-refractivity contribution in [1.82, 2.24) is 0 Å². The number of rotatable bonds is 4. The van der Waals surface area contributed by atoms with E-state index in [1.807, 2.05) is 0 Å². The van der Waals surface area contributed by atoms with Gasteiger partial charge in [-0.25, -0.2) is 0 Å². The molecule has 0 saturated heterocycles. The van der Waals surface area contributed by atoms with E-state index in [0.29, 0.717) is 11.3 Å². The molecule has 112 valence electrons. The maximum atomic E-state index is 13.5. The number of nitro groups is 1. The largest absolute Gasteiger partial charge is 0.326 e. The number of amides is 1. The van der Waals surface area contributed by atoms with Crippen molar-refractivity contribution in [3.05, 3.63) is 69.5 Å². The Hall–Kier alpha value is -3.02. The molecule has 0 aliphatic heterocycles. The average molecular weight is 300 g/mol. The van der Waals surface area contributed by atoms with Gasteiger partial charge in [-0.3, -0.25) is 14.9 Å². The van der Waals surface area contributed by atoms with Crippen LogP contribution < -0.4 is 5.32 Å². The van der Waals surface area contributed by atoms with Crippen molar-refractivity contribution in [1.29, 1.82) is 0 Å². The van der Waals surface area contributed by atoms with Gasteiger partial charge >= 0.3 is 5.69 Å². The number of hydrogen-bond donors (Lipinski definition) is 1. The molecule has 0 aromatic heterocycles.